The van der Waals surface area contributed by atoms with Crippen LogP contribution in [0.25, 0.3) is 10.9 Å². The molecule has 0 unspecified atom stereocenters. The van der Waals surface area contributed by atoms with Crippen LogP contribution in [-0.2, 0) is 11.2 Å². The highest BCUT2D eigenvalue weighted by atomic mass is 16.1. The summed E-state index contributed by atoms with van der Waals surface area (Å²) in [4.78, 5) is 26.7. The number of aryl methyl sites for hydroxylation is 2. The van der Waals surface area contributed by atoms with Gasteiger partial charge in [-0.3, -0.25) is 9.59 Å². The van der Waals surface area contributed by atoms with Gasteiger partial charge in [0.05, 0.1) is 0 Å². The van der Waals surface area contributed by atoms with E-state index in [2.05, 4.69) is 10.3 Å². The smallest absolute Gasteiger partial charge is 0.251 e. The van der Waals surface area contributed by atoms with E-state index in [0.717, 1.165) is 34.9 Å². The highest BCUT2D eigenvalue weighted by molar-refractivity contribution is 5.80. The van der Waals surface area contributed by atoms with Gasteiger partial charge in [0.1, 0.15) is 0 Å². The summed E-state index contributed by atoms with van der Waals surface area (Å²) in [7, 11) is 0. The lowest BCUT2D eigenvalue weighted by Crippen LogP contribution is -2.36. The van der Waals surface area contributed by atoms with Crippen LogP contribution in [0.5, 0.6) is 0 Å². The molecule has 0 bridgehead atoms. The van der Waals surface area contributed by atoms with Gasteiger partial charge in [0.25, 0.3) is 5.56 Å². The first-order valence-corrected chi connectivity index (χ1v) is 8.54. The molecule has 3 rings (SSSR count). The number of benzene rings is 1. The van der Waals surface area contributed by atoms with Gasteiger partial charge in [-0.1, -0.05) is 31.4 Å². The van der Waals surface area contributed by atoms with Gasteiger partial charge in [-0.25, -0.2) is 0 Å². The van der Waals surface area contributed by atoms with Gasteiger partial charge in [0.15, 0.2) is 0 Å². The first kappa shape index (κ1) is 15.8. The Hall–Kier alpha value is -2.10. The van der Waals surface area contributed by atoms with E-state index in [9.17, 15) is 9.59 Å². The number of hydrogen-bond donors (Lipinski definition) is 2. The fourth-order valence-corrected chi connectivity index (χ4v) is 3.32. The summed E-state index contributed by atoms with van der Waals surface area (Å²) >= 11 is 0. The Morgan fingerprint density at radius 2 is 2.00 bits per heavy atom. The molecule has 1 saturated carbocycles. The van der Waals surface area contributed by atoms with Crippen LogP contribution < -0.4 is 10.9 Å². The fourth-order valence-electron chi connectivity index (χ4n) is 3.32. The van der Waals surface area contributed by atoms with Gasteiger partial charge in [-0.2, -0.15) is 0 Å². The monoisotopic (exact) mass is 312 g/mol. The third-order valence-electron chi connectivity index (χ3n) is 4.71. The highest BCUT2D eigenvalue weighted by Gasteiger charge is 2.15. The van der Waals surface area contributed by atoms with E-state index < -0.39 is 0 Å². The van der Waals surface area contributed by atoms with Gasteiger partial charge < -0.3 is 10.3 Å². The Balaban J connectivity index is 1.61. The molecule has 4 nitrogen and oxygen atoms in total. The largest absolute Gasteiger partial charge is 0.353 e. The fraction of sp³-hybridized carbons (Fsp3) is 0.474. The Morgan fingerprint density at radius 1 is 1.22 bits per heavy atom. The van der Waals surface area contributed by atoms with Crippen molar-refractivity contribution in [3.8, 4) is 0 Å². The average Bonchev–Trinajstić information content (AvgIpc) is 2.55. The van der Waals surface area contributed by atoms with Crippen LogP contribution in [0.4, 0.5) is 0 Å². The molecule has 1 heterocycles. The zero-order chi connectivity index (χ0) is 16.2. The molecule has 23 heavy (non-hydrogen) atoms. The number of fused-ring (bicyclic) bond motifs is 1. The molecule has 0 radical (unpaired) electrons. The number of carbonyl (C=O) groups excluding carboxylic acids is 1. The lowest BCUT2D eigenvalue weighted by atomic mass is 9.95. The summed E-state index contributed by atoms with van der Waals surface area (Å²) in [5.74, 6) is 0.134. The van der Waals surface area contributed by atoms with Crippen molar-refractivity contribution in [2.24, 2.45) is 0 Å². The number of H-pyrrole nitrogens is 1. The summed E-state index contributed by atoms with van der Waals surface area (Å²) in [6, 6.07) is 8.28. The number of nitrogens with one attached hydrogen (secondary N) is 2. The second-order valence-corrected chi connectivity index (χ2v) is 6.61. The maximum atomic E-state index is 12.1. The maximum absolute atomic E-state index is 12.1. The van der Waals surface area contributed by atoms with E-state index in [1.807, 2.05) is 31.2 Å². The molecule has 0 atom stereocenters. The minimum Gasteiger partial charge on any atom is -0.353 e. The third-order valence-corrected chi connectivity index (χ3v) is 4.71. The van der Waals surface area contributed by atoms with Crippen molar-refractivity contribution in [2.45, 2.75) is 57.9 Å². The summed E-state index contributed by atoms with van der Waals surface area (Å²) in [6.45, 7) is 1.81. The molecule has 0 spiro atoms. The SMILES string of the molecule is Cc1cc2ccc(CCC(=O)NC3CCCCC3)cc2[nH]c1=O. The van der Waals surface area contributed by atoms with Crippen molar-refractivity contribution in [1.29, 1.82) is 0 Å². The summed E-state index contributed by atoms with van der Waals surface area (Å²) < 4.78 is 0. The summed E-state index contributed by atoms with van der Waals surface area (Å²) in [5, 5.41) is 4.17. The molecular weight excluding hydrogens is 288 g/mol. The highest BCUT2D eigenvalue weighted by Crippen LogP contribution is 2.18. The van der Waals surface area contributed by atoms with Crippen molar-refractivity contribution in [3.63, 3.8) is 0 Å². The van der Waals surface area contributed by atoms with Crippen LogP contribution in [0.3, 0.4) is 0 Å². The van der Waals surface area contributed by atoms with Crippen molar-refractivity contribution >= 4 is 16.8 Å². The Bertz CT molecular complexity index is 758. The zero-order valence-electron chi connectivity index (χ0n) is 13.7. The Labute approximate surface area is 136 Å². The van der Waals surface area contributed by atoms with Gasteiger partial charge >= 0.3 is 0 Å². The van der Waals surface area contributed by atoms with Crippen LogP contribution in [0, 0.1) is 6.92 Å². The number of rotatable bonds is 4. The van der Waals surface area contributed by atoms with Gasteiger partial charge in [0, 0.05) is 23.5 Å². The second kappa shape index (κ2) is 6.99. The minimum absolute atomic E-state index is 0.0512. The van der Waals surface area contributed by atoms with E-state index in [-0.39, 0.29) is 11.5 Å². The molecule has 1 aliphatic rings. The van der Waals surface area contributed by atoms with E-state index >= 15 is 0 Å². The van der Waals surface area contributed by atoms with E-state index in [1.54, 1.807) is 0 Å². The second-order valence-electron chi connectivity index (χ2n) is 6.61. The van der Waals surface area contributed by atoms with Gasteiger partial charge in [-0.05, 0) is 49.3 Å². The molecule has 1 aromatic heterocycles. The van der Waals surface area contributed by atoms with E-state index in [1.165, 1.54) is 19.3 Å². The predicted molar refractivity (Wildman–Crippen MR) is 92.6 cm³/mol. The molecule has 1 aliphatic carbocycles. The van der Waals surface area contributed by atoms with Crippen molar-refractivity contribution in [2.75, 3.05) is 0 Å². The molecule has 2 aromatic rings. The van der Waals surface area contributed by atoms with Crippen LogP contribution >= 0.6 is 0 Å². The van der Waals surface area contributed by atoms with Crippen LogP contribution in [0.2, 0.25) is 0 Å². The number of amides is 1. The first-order valence-electron chi connectivity index (χ1n) is 8.54. The van der Waals surface area contributed by atoms with Crippen molar-refractivity contribution in [3.05, 3.63) is 45.7 Å². The molecule has 122 valence electrons. The lowest BCUT2D eigenvalue weighted by molar-refractivity contribution is -0.121. The molecule has 2 N–H and O–H groups in total. The molecule has 1 aromatic carbocycles. The topological polar surface area (TPSA) is 62.0 Å². The molecular formula is C19H24N2O2. The van der Waals surface area contributed by atoms with Crippen LogP contribution in [0.1, 0.15) is 49.7 Å². The molecule has 0 aliphatic heterocycles. The average molecular weight is 312 g/mol. The Kier molecular flexibility index (Phi) is 4.79. The summed E-state index contributed by atoms with van der Waals surface area (Å²) in [6.07, 6.45) is 7.17. The normalized spacial score (nSPS) is 15.7. The molecule has 0 saturated heterocycles. The zero-order valence-corrected chi connectivity index (χ0v) is 13.7. The van der Waals surface area contributed by atoms with E-state index in [0.29, 0.717) is 18.9 Å². The van der Waals surface area contributed by atoms with Gasteiger partial charge in [0.2, 0.25) is 5.91 Å². The number of pyridine rings is 1. The number of aromatic amines is 1. The predicted octanol–water partition coefficient (Wildman–Crippen LogP) is 3.22. The van der Waals surface area contributed by atoms with Gasteiger partial charge in [-0.15, -0.1) is 0 Å². The lowest BCUT2D eigenvalue weighted by Gasteiger charge is -2.22. The minimum atomic E-state index is -0.0512. The van der Waals surface area contributed by atoms with Crippen LogP contribution in [-0.4, -0.2) is 16.9 Å². The number of aromatic nitrogens is 1. The standard InChI is InChI=1S/C19H24N2O2/c1-13-11-15-9-7-14(12-17(15)21-19(13)23)8-10-18(22)20-16-5-3-2-4-6-16/h7,9,11-12,16H,2-6,8,10H2,1H3,(H,20,22)(H,21,23). The molecule has 1 amide bonds. The maximum Gasteiger partial charge on any atom is 0.251 e. The third kappa shape index (κ3) is 4.01. The summed E-state index contributed by atoms with van der Waals surface area (Å²) in [5.41, 5.74) is 2.59. The molecule has 1 fully saturated rings. The molecule has 4 heteroatoms. The quantitative estimate of drug-likeness (QED) is 0.910. The first-order chi connectivity index (χ1) is 11.1. The Morgan fingerprint density at radius 3 is 2.78 bits per heavy atom. The van der Waals surface area contributed by atoms with Crippen molar-refractivity contribution in [1.82, 2.24) is 10.3 Å². The van der Waals surface area contributed by atoms with Crippen LogP contribution in [0.15, 0.2) is 29.1 Å². The van der Waals surface area contributed by atoms with E-state index in [4.69, 9.17) is 0 Å². The number of hydrogen-bond acceptors (Lipinski definition) is 2. The van der Waals surface area contributed by atoms with Crippen molar-refractivity contribution < 1.29 is 4.79 Å². The number of carbonyl (C=O) groups is 1.